The molecule has 0 radical (unpaired) electrons. The molecule has 2 rings (SSSR count). The maximum absolute atomic E-state index is 12.2. The van der Waals surface area contributed by atoms with Gasteiger partial charge in [0.15, 0.2) is 0 Å². The molecule has 0 aromatic rings. The SMILES string of the molecule is CC(C)C(=O)N1[C@H](C(=O)O)C[C@@H]2CCCC[C@@H]21. The van der Waals surface area contributed by atoms with Crippen LogP contribution < -0.4 is 0 Å². The van der Waals surface area contributed by atoms with Gasteiger partial charge in [0, 0.05) is 12.0 Å². The first-order chi connectivity index (χ1) is 8.02. The number of carbonyl (C=O) groups excluding carboxylic acids is 1. The van der Waals surface area contributed by atoms with Crippen molar-refractivity contribution in [2.24, 2.45) is 11.8 Å². The number of hydrogen-bond donors (Lipinski definition) is 1. The molecule has 1 amide bonds. The molecule has 0 aromatic carbocycles. The minimum atomic E-state index is -0.839. The molecule has 0 aromatic heterocycles. The van der Waals surface area contributed by atoms with Crippen LogP contribution in [0.4, 0.5) is 0 Å². The Hall–Kier alpha value is -1.06. The van der Waals surface area contributed by atoms with Gasteiger partial charge in [-0.15, -0.1) is 0 Å². The van der Waals surface area contributed by atoms with Crippen molar-refractivity contribution in [3.63, 3.8) is 0 Å². The van der Waals surface area contributed by atoms with Crippen molar-refractivity contribution in [2.75, 3.05) is 0 Å². The van der Waals surface area contributed by atoms with Crippen molar-refractivity contribution < 1.29 is 14.7 Å². The molecule has 17 heavy (non-hydrogen) atoms. The highest BCUT2D eigenvalue weighted by atomic mass is 16.4. The highest BCUT2D eigenvalue weighted by molar-refractivity contribution is 5.85. The van der Waals surface area contributed by atoms with Gasteiger partial charge >= 0.3 is 5.97 Å². The number of aliphatic carboxylic acids is 1. The summed E-state index contributed by atoms with van der Waals surface area (Å²) in [5.74, 6) is -0.537. The molecule has 0 spiro atoms. The Morgan fingerprint density at radius 2 is 1.88 bits per heavy atom. The number of likely N-dealkylation sites (tertiary alicyclic amines) is 1. The Morgan fingerprint density at radius 1 is 1.24 bits per heavy atom. The number of carboxylic acid groups (broad SMARTS) is 1. The summed E-state index contributed by atoms with van der Waals surface area (Å²) in [4.78, 5) is 25.1. The molecule has 96 valence electrons. The van der Waals surface area contributed by atoms with Crippen LogP contribution >= 0.6 is 0 Å². The van der Waals surface area contributed by atoms with E-state index in [1.54, 1.807) is 4.90 Å². The third-order valence-corrected chi connectivity index (χ3v) is 4.12. The van der Waals surface area contributed by atoms with Gasteiger partial charge in [-0.2, -0.15) is 0 Å². The lowest BCUT2D eigenvalue weighted by atomic mass is 9.84. The summed E-state index contributed by atoms with van der Waals surface area (Å²) in [5, 5.41) is 9.27. The van der Waals surface area contributed by atoms with E-state index < -0.39 is 12.0 Å². The Kier molecular flexibility index (Phi) is 3.40. The van der Waals surface area contributed by atoms with Gasteiger partial charge in [0.1, 0.15) is 6.04 Å². The molecule has 3 atom stereocenters. The molecule has 2 aliphatic rings. The van der Waals surface area contributed by atoms with Gasteiger partial charge < -0.3 is 10.0 Å². The van der Waals surface area contributed by atoms with E-state index in [2.05, 4.69) is 0 Å². The fourth-order valence-corrected chi connectivity index (χ4v) is 3.30. The van der Waals surface area contributed by atoms with Crippen LogP contribution in [0.5, 0.6) is 0 Å². The van der Waals surface area contributed by atoms with Crippen LogP contribution in [-0.4, -0.2) is 34.0 Å². The summed E-state index contributed by atoms with van der Waals surface area (Å²) >= 11 is 0. The topological polar surface area (TPSA) is 57.6 Å². The molecular formula is C13H21NO3. The van der Waals surface area contributed by atoms with E-state index in [-0.39, 0.29) is 17.9 Å². The van der Waals surface area contributed by atoms with Gasteiger partial charge in [-0.3, -0.25) is 4.79 Å². The Labute approximate surface area is 102 Å². The van der Waals surface area contributed by atoms with Gasteiger partial charge in [0.25, 0.3) is 0 Å². The molecule has 0 unspecified atom stereocenters. The molecule has 4 nitrogen and oxygen atoms in total. The Morgan fingerprint density at radius 3 is 2.47 bits per heavy atom. The summed E-state index contributed by atoms with van der Waals surface area (Å²) in [6.07, 6.45) is 5.01. The second-order valence-electron chi connectivity index (χ2n) is 5.60. The lowest BCUT2D eigenvalue weighted by Crippen LogP contribution is -2.47. The third kappa shape index (κ3) is 2.17. The van der Waals surface area contributed by atoms with Crippen molar-refractivity contribution in [2.45, 2.75) is 58.0 Å². The summed E-state index contributed by atoms with van der Waals surface area (Å²) in [5.41, 5.74) is 0. The second-order valence-corrected chi connectivity index (χ2v) is 5.60. The first-order valence-corrected chi connectivity index (χ1v) is 6.57. The molecule has 1 aliphatic heterocycles. The number of rotatable bonds is 2. The monoisotopic (exact) mass is 239 g/mol. The van der Waals surface area contributed by atoms with Gasteiger partial charge in [0.05, 0.1) is 0 Å². The summed E-state index contributed by atoms with van der Waals surface area (Å²) in [6, 6.07) is -0.405. The fraction of sp³-hybridized carbons (Fsp3) is 0.846. The molecule has 2 fully saturated rings. The maximum atomic E-state index is 12.2. The van der Waals surface area contributed by atoms with Gasteiger partial charge in [-0.1, -0.05) is 26.7 Å². The predicted octanol–water partition coefficient (Wildman–Crippen LogP) is 1.89. The normalized spacial score (nSPS) is 32.6. The van der Waals surface area contributed by atoms with E-state index in [0.29, 0.717) is 12.3 Å². The highest BCUT2D eigenvalue weighted by Crippen LogP contribution is 2.40. The lowest BCUT2D eigenvalue weighted by molar-refractivity contribution is -0.151. The first kappa shape index (κ1) is 12.4. The maximum Gasteiger partial charge on any atom is 0.326 e. The molecule has 4 heteroatoms. The molecule has 1 aliphatic carbocycles. The number of amides is 1. The van der Waals surface area contributed by atoms with Gasteiger partial charge in [-0.05, 0) is 25.2 Å². The van der Waals surface area contributed by atoms with Crippen LogP contribution in [-0.2, 0) is 9.59 Å². The number of fused-ring (bicyclic) bond motifs is 1. The molecule has 1 heterocycles. The lowest BCUT2D eigenvalue weighted by Gasteiger charge is -2.34. The zero-order valence-corrected chi connectivity index (χ0v) is 10.6. The Balaban J connectivity index is 2.23. The van der Waals surface area contributed by atoms with E-state index in [9.17, 15) is 14.7 Å². The molecule has 0 bridgehead atoms. The molecule has 1 saturated heterocycles. The van der Waals surface area contributed by atoms with Crippen LogP contribution in [0.1, 0.15) is 46.0 Å². The summed E-state index contributed by atoms with van der Waals surface area (Å²) in [6.45, 7) is 3.69. The first-order valence-electron chi connectivity index (χ1n) is 6.57. The zero-order chi connectivity index (χ0) is 12.6. The van der Waals surface area contributed by atoms with Crippen LogP contribution in [0.15, 0.2) is 0 Å². The van der Waals surface area contributed by atoms with Gasteiger partial charge in [0.2, 0.25) is 5.91 Å². The smallest absolute Gasteiger partial charge is 0.326 e. The second kappa shape index (κ2) is 4.67. The summed E-state index contributed by atoms with van der Waals surface area (Å²) < 4.78 is 0. The number of carbonyl (C=O) groups is 2. The van der Waals surface area contributed by atoms with E-state index in [1.807, 2.05) is 13.8 Å². The molecule has 1 saturated carbocycles. The summed E-state index contributed by atoms with van der Waals surface area (Å²) in [7, 11) is 0. The fourth-order valence-electron chi connectivity index (χ4n) is 3.30. The number of hydrogen-bond acceptors (Lipinski definition) is 2. The zero-order valence-electron chi connectivity index (χ0n) is 10.6. The average molecular weight is 239 g/mol. The van der Waals surface area contributed by atoms with Crippen LogP contribution in [0, 0.1) is 11.8 Å². The predicted molar refractivity (Wildman–Crippen MR) is 63.5 cm³/mol. The van der Waals surface area contributed by atoms with Crippen LogP contribution in [0.25, 0.3) is 0 Å². The minimum Gasteiger partial charge on any atom is -0.480 e. The van der Waals surface area contributed by atoms with Crippen molar-refractivity contribution in [1.82, 2.24) is 4.90 Å². The highest BCUT2D eigenvalue weighted by Gasteiger charge is 2.47. The standard InChI is InChI=1S/C13H21NO3/c1-8(2)12(15)14-10-6-4-3-5-9(10)7-11(14)13(16)17/h8-11H,3-7H2,1-2H3,(H,16,17)/t9-,10-,11-/m0/s1. The van der Waals surface area contributed by atoms with E-state index in [4.69, 9.17) is 0 Å². The average Bonchev–Trinajstić information content (AvgIpc) is 2.67. The molecule has 1 N–H and O–H groups in total. The third-order valence-electron chi connectivity index (χ3n) is 4.12. The van der Waals surface area contributed by atoms with E-state index in [1.165, 1.54) is 6.42 Å². The largest absolute Gasteiger partial charge is 0.480 e. The van der Waals surface area contributed by atoms with Crippen molar-refractivity contribution in [3.8, 4) is 0 Å². The number of carboxylic acids is 1. The number of nitrogens with zero attached hydrogens (tertiary/aromatic N) is 1. The van der Waals surface area contributed by atoms with Crippen LogP contribution in [0.2, 0.25) is 0 Å². The van der Waals surface area contributed by atoms with Crippen molar-refractivity contribution in [1.29, 1.82) is 0 Å². The molecular weight excluding hydrogens is 218 g/mol. The van der Waals surface area contributed by atoms with E-state index >= 15 is 0 Å². The minimum absolute atomic E-state index is 0.00630. The quantitative estimate of drug-likeness (QED) is 0.800. The van der Waals surface area contributed by atoms with Crippen molar-refractivity contribution >= 4 is 11.9 Å². The Bertz CT molecular complexity index is 327. The van der Waals surface area contributed by atoms with E-state index in [0.717, 1.165) is 19.3 Å². The van der Waals surface area contributed by atoms with Crippen molar-refractivity contribution in [3.05, 3.63) is 0 Å². The van der Waals surface area contributed by atoms with Gasteiger partial charge in [-0.25, -0.2) is 4.79 Å². The van der Waals surface area contributed by atoms with Crippen LogP contribution in [0.3, 0.4) is 0 Å².